The molecule has 136 valence electrons. The highest BCUT2D eigenvalue weighted by Crippen LogP contribution is 1.99. The summed E-state index contributed by atoms with van der Waals surface area (Å²) in [5, 5.41) is 0. The van der Waals surface area contributed by atoms with E-state index in [2.05, 4.69) is 37.5 Å². The van der Waals surface area contributed by atoms with Gasteiger partial charge in [0.25, 0.3) is 0 Å². The molecule has 0 saturated carbocycles. The van der Waals surface area contributed by atoms with Crippen LogP contribution < -0.4 is 0 Å². The number of hydrogen-bond donors (Lipinski definition) is 0. The molecule has 0 aromatic rings. The van der Waals surface area contributed by atoms with Crippen LogP contribution in [0.25, 0.3) is 0 Å². The van der Waals surface area contributed by atoms with Crippen molar-refractivity contribution in [1.82, 2.24) is 9.80 Å². The molecule has 6 heteroatoms. The lowest BCUT2D eigenvalue weighted by atomic mass is 10.4. The Morgan fingerprint density at radius 3 is 1.22 bits per heavy atom. The van der Waals surface area contributed by atoms with Gasteiger partial charge in [0.05, 0.1) is 0 Å². The molecule has 0 radical (unpaired) electrons. The Balaban J connectivity index is 4.01. The van der Waals surface area contributed by atoms with Gasteiger partial charge in [-0.2, -0.15) is 0 Å². The number of hydrogen-bond acceptors (Lipinski definition) is 6. The summed E-state index contributed by atoms with van der Waals surface area (Å²) in [6, 6.07) is 0. The van der Waals surface area contributed by atoms with Crippen molar-refractivity contribution in [2.45, 2.75) is 59.8 Å². The van der Waals surface area contributed by atoms with Crippen LogP contribution in [0.1, 0.15) is 59.8 Å². The highest BCUT2D eigenvalue weighted by atomic mass is 16.6. The van der Waals surface area contributed by atoms with Gasteiger partial charge >= 0.3 is 11.9 Å². The summed E-state index contributed by atoms with van der Waals surface area (Å²) in [5.41, 5.74) is 0. The van der Waals surface area contributed by atoms with E-state index in [4.69, 9.17) is 9.47 Å². The van der Waals surface area contributed by atoms with Crippen molar-refractivity contribution in [3.05, 3.63) is 0 Å². The first kappa shape index (κ1) is 21.9. The highest BCUT2D eigenvalue weighted by molar-refractivity contribution is 5.91. The van der Waals surface area contributed by atoms with E-state index in [0.29, 0.717) is 0 Å². The zero-order valence-corrected chi connectivity index (χ0v) is 15.3. The van der Waals surface area contributed by atoms with Gasteiger partial charge in [-0.05, 0) is 25.7 Å². The molecular weight excluding hydrogens is 296 g/mol. The molecule has 0 aromatic heterocycles. The first-order chi connectivity index (χ1) is 11.1. The van der Waals surface area contributed by atoms with Gasteiger partial charge in [-0.25, -0.2) is 0 Å². The van der Waals surface area contributed by atoms with E-state index in [9.17, 15) is 9.59 Å². The standard InChI is InChI=1S/C17H34N2O4/c1-5-9-18(10-6-2)14-22-16(20)13-17(21)23-15-19(11-7-3)12-8-4/h5-15H2,1-4H3. The third-order valence-corrected chi connectivity index (χ3v) is 3.26. The number of nitrogens with zero attached hydrogens (tertiary/aromatic N) is 2. The van der Waals surface area contributed by atoms with E-state index in [-0.39, 0.29) is 19.9 Å². The Morgan fingerprint density at radius 2 is 0.957 bits per heavy atom. The molecule has 0 aliphatic carbocycles. The van der Waals surface area contributed by atoms with Gasteiger partial charge in [0, 0.05) is 26.2 Å². The first-order valence-corrected chi connectivity index (χ1v) is 8.83. The third kappa shape index (κ3) is 12.0. The molecule has 23 heavy (non-hydrogen) atoms. The van der Waals surface area contributed by atoms with E-state index in [1.807, 2.05) is 0 Å². The molecule has 0 rings (SSSR count). The average Bonchev–Trinajstić information content (AvgIpc) is 2.51. The van der Waals surface area contributed by atoms with Crippen molar-refractivity contribution in [3.8, 4) is 0 Å². The normalized spacial score (nSPS) is 11.0. The largest absolute Gasteiger partial charge is 0.449 e. The fourth-order valence-corrected chi connectivity index (χ4v) is 2.29. The Kier molecular flexibility index (Phi) is 13.7. The Labute approximate surface area is 141 Å². The van der Waals surface area contributed by atoms with E-state index in [1.165, 1.54) is 0 Å². The SMILES string of the molecule is CCCN(CCC)COC(=O)CC(=O)OCN(CCC)CCC. The maximum Gasteiger partial charge on any atom is 0.318 e. The second-order valence-corrected chi connectivity index (χ2v) is 5.70. The minimum Gasteiger partial charge on any atom is -0.449 e. The smallest absolute Gasteiger partial charge is 0.318 e. The zero-order chi connectivity index (χ0) is 17.5. The minimum absolute atomic E-state index is 0.242. The average molecular weight is 330 g/mol. The van der Waals surface area contributed by atoms with Crippen molar-refractivity contribution >= 4 is 11.9 Å². The first-order valence-electron chi connectivity index (χ1n) is 8.83. The van der Waals surface area contributed by atoms with Gasteiger partial charge in [-0.3, -0.25) is 19.4 Å². The summed E-state index contributed by atoms with van der Waals surface area (Å²) in [4.78, 5) is 27.5. The molecule has 0 aliphatic heterocycles. The fraction of sp³-hybridized carbons (Fsp3) is 0.882. The van der Waals surface area contributed by atoms with Crippen LogP contribution in [0.2, 0.25) is 0 Å². The molecule has 0 heterocycles. The molecule has 0 atom stereocenters. The molecule has 0 bridgehead atoms. The Bertz CT molecular complexity index is 282. The van der Waals surface area contributed by atoms with Crippen LogP contribution in [-0.4, -0.2) is 61.4 Å². The molecule has 0 spiro atoms. The van der Waals surface area contributed by atoms with Gasteiger partial charge < -0.3 is 9.47 Å². The minimum atomic E-state index is -0.523. The zero-order valence-electron chi connectivity index (χ0n) is 15.3. The number of esters is 2. The van der Waals surface area contributed by atoms with E-state index in [0.717, 1.165) is 51.9 Å². The molecule has 0 aliphatic rings. The predicted octanol–water partition coefficient (Wildman–Crippen LogP) is 2.62. The lowest BCUT2D eigenvalue weighted by molar-refractivity contribution is -0.159. The number of rotatable bonds is 14. The molecule has 0 aromatic carbocycles. The Hall–Kier alpha value is -1.14. The van der Waals surface area contributed by atoms with Crippen molar-refractivity contribution in [2.75, 3.05) is 39.6 Å². The van der Waals surface area contributed by atoms with Crippen LogP contribution in [0.15, 0.2) is 0 Å². The van der Waals surface area contributed by atoms with Crippen molar-refractivity contribution in [2.24, 2.45) is 0 Å². The van der Waals surface area contributed by atoms with Crippen molar-refractivity contribution in [3.63, 3.8) is 0 Å². The quantitative estimate of drug-likeness (QED) is 0.277. The van der Waals surface area contributed by atoms with Crippen molar-refractivity contribution < 1.29 is 19.1 Å². The van der Waals surface area contributed by atoms with Crippen LogP contribution in [0.3, 0.4) is 0 Å². The fourth-order valence-electron chi connectivity index (χ4n) is 2.29. The highest BCUT2D eigenvalue weighted by Gasteiger charge is 2.15. The number of carbonyl (C=O) groups is 2. The van der Waals surface area contributed by atoms with Crippen LogP contribution in [0.4, 0.5) is 0 Å². The molecule has 0 amide bonds. The van der Waals surface area contributed by atoms with E-state index < -0.39 is 11.9 Å². The molecule has 0 saturated heterocycles. The molecular formula is C17H34N2O4. The van der Waals surface area contributed by atoms with Gasteiger partial charge in [0.15, 0.2) is 0 Å². The topological polar surface area (TPSA) is 59.1 Å². The summed E-state index contributed by atoms with van der Waals surface area (Å²) in [7, 11) is 0. The molecule has 6 nitrogen and oxygen atoms in total. The summed E-state index contributed by atoms with van der Waals surface area (Å²) in [6.45, 7) is 12.4. The van der Waals surface area contributed by atoms with Crippen LogP contribution in [0, 0.1) is 0 Å². The maximum absolute atomic E-state index is 11.7. The van der Waals surface area contributed by atoms with E-state index >= 15 is 0 Å². The summed E-state index contributed by atoms with van der Waals surface area (Å²) in [6.07, 6.45) is 3.70. The lowest BCUT2D eigenvalue weighted by Gasteiger charge is -2.21. The monoisotopic (exact) mass is 330 g/mol. The van der Waals surface area contributed by atoms with Crippen molar-refractivity contribution in [1.29, 1.82) is 0 Å². The summed E-state index contributed by atoms with van der Waals surface area (Å²) >= 11 is 0. The summed E-state index contributed by atoms with van der Waals surface area (Å²) < 4.78 is 10.3. The summed E-state index contributed by atoms with van der Waals surface area (Å²) in [5.74, 6) is -1.05. The Morgan fingerprint density at radius 1 is 0.652 bits per heavy atom. The maximum atomic E-state index is 11.7. The second-order valence-electron chi connectivity index (χ2n) is 5.70. The molecule has 0 fully saturated rings. The lowest BCUT2D eigenvalue weighted by Crippen LogP contribution is -2.31. The number of ether oxygens (including phenoxy) is 2. The van der Waals surface area contributed by atoms with Crippen LogP contribution in [-0.2, 0) is 19.1 Å². The van der Waals surface area contributed by atoms with Crippen LogP contribution >= 0.6 is 0 Å². The van der Waals surface area contributed by atoms with Gasteiger partial charge in [-0.15, -0.1) is 0 Å². The number of carbonyl (C=O) groups excluding carboxylic acids is 2. The van der Waals surface area contributed by atoms with Gasteiger partial charge in [0.2, 0.25) is 0 Å². The molecule has 0 N–H and O–H groups in total. The third-order valence-electron chi connectivity index (χ3n) is 3.26. The van der Waals surface area contributed by atoms with Gasteiger partial charge in [0.1, 0.15) is 19.9 Å². The predicted molar refractivity (Wildman–Crippen MR) is 90.8 cm³/mol. The van der Waals surface area contributed by atoms with E-state index in [1.54, 1.807) is 0 Å². The van der Waals surface area contributed by atoms with Crippen LogP contribution in [0.5, 0.6) is 0 Å². The van der Waals surface area contributed by atoms with Gasteiger partial charge in [-0.1, -0.05) is 27.7 Å². The second kappa shape index (κ2) is 14.5. The molecule has 0 unspecified atom stereocenters.